The van der Waals surface area contributed by atoms with Gasteiger partial charge in [-0.1, -0.05) is 17.7 Å². The highest BCUT2D eigenvalue weighted by molar-refractivity contribution is 7.92. The van der Waals surface area contributed by atoms with E-state index in [9.17, 15) is 13.2 Å². The van der Waals surface area contributed by atoms with Gasteiger partial charge in [0, 0.05) is 11.6 Å². The predicted octanol–water partition coefficient (Wildman–Crippen LogP) is 3.85. The SMILES string of the molecule is Cc1c(Cl)cccc1NS(=O)(=O)c1cc2c3c(c1)[C@@H](C)C(=O)N3CCC2. The van der Waals surface area contributed by atoms with Crippen LogP contribution in [0.1, 0.15) is 36.0 Å². The van der Waals surface area contributed by atoms with Crippen LogP contribution in [0.2, 0.25) is 5.02 Å². The van der Waals surface area contributed by atoms with E-state index in [4.69, 9.17) is 11.6 Å². The van der Waals surface area contributed by atoms with E-state index in [1.54, 1.807) is 42.2 Å². The van der Waals surface area contributed by atoms with Crippen molar-refractivity contribution in [1.29, 1.82) is 0 Å². The minimum absolute atomic E-state index is 0.0501. The lowest BCUT2D eigenvalue weighted by Gasteiger charge is -2.26. The largest absolute Gasteiger partial charge is 0.311 e. The maximum Gasteiger partial charge on any atom is 0.261 e. The lowest BCUT2D eigenvalue weighted by Crippen LogP contribution is -2.32. The second-order valence-corrected chi connectivity index (χ2v) is 8.94. The zero-order chi connectivity index (χ0) is 18.6. The van der Waals surface area contributed by atoms with Crippen molar-refractivity contribution in [3.63, 3.8) is 0 Å². The standard InChI is InChI=1S/C19H19ClN2O3S/c1-11-15-10-14(9-13-5-4-8-22(18(13)15)19(11)23)26(24,25)21-17-7-3-6-16(20)12(17)2/h3,6-7,9-11,21H,4-5,8H2,1-2H3/t11-/m1/s1. The molecule has 5 nitrogen and oxygen atoms in total. The number of aryl methyl sites for hydroxylation is 1. The van der Waals surface area contributed by atoms with Crippen molar-refractivity contribution in [3.05, 3.63) is 52.0 Å². The number of carbonyl (C=O) groups is 1. The maximum absolute atomic E-state index is 13.0. The molecule has 0 bridgehead atoms. The molecule has 26 heavy (non-hydrogen) atoms. The number of anilines is 2. The number of nitrogens with one attached hydrogen (secondary N) is 1. The van der Waals surface area contributed by atoms with Crippen LogP contribution in [-0.2, 0) is 21.2 Å². The molecule has 7 heteroatoms. The number of rotatable bonds is 3. The molecule has 2 aliphatic heterocycles. The summed E-state index contributed by atoms with van der Waals surface area (Å²) in [6.07, 6.45) is 1.62. The summed E-state index contributed by atoms with van der Waals surface area (Å²) < 4.78 is 28.6. The first kappa shape index (κ1) is 17.4. The molecule has 0 saturated carbocycles. The Labute approximate surface area is 158 Å². The quantitative estimate of drug-likeness (QED) is 0.865. The zero-order valence-electron chi connectivity index (χ0n) is 14.5. The molecule has 2 aromatic carbocycles. The first-order valence-electron chi connectivity index (χ1n) is 8.56. The van der Waals surface area contributed by atoms with Crippen LogP contribution in [0.3, 0.4) is 0 Å². The fourth-order valence-corrected chi connectivity index (χ4v) is 5.12. The smallest absolute Gasteiger partial charge is 0.261 e. The van der Waals surface area contributed by atoms with Gasteiger partial charge in [0.25, 0.3) is 10.0 Å². The summed E-state index contributed by atoms with van der Waals surface area (Å²) in [7, 11) is -3.78. The third kappa shape index (κ3) is 2.59. The Morgan fingerprint density at radius 1 is 1.27 bits per heavy atom. The fraction of sp³-hybridized carbons (Fsp3) is 0.316. The molecule has 0 fully saturated rings. The van der Waals surface area contributed by atoms with E-state index < -0.39 is 10.0 Å². The molecule has 2 aliphatic rings. The highest BCUT2D eigenvalue weighted by Gasteiger charge is 2.38. The number of carbonyl (C=O) groups excluding carboxylic acids is 1. The first-order valence-corrected chi connectivity index (χ1v) is 10.4. The molecular weight excluding hydrogens is 372 g/mol. The molecule has 136 valence electrons. The molecule has 4 rings (SSSR count). The lowest BCUT2D eigenvalue weighted by molar-refractivity contribution is -0.119. The molecule has 1 amide bonds. The Balaban J connectivity index is 1.79. The number of halogens is 1. The van der Waals surface area contributed by atoms with Crippen molar-refractivity contribution >= 4 is 38.9 Å². The highest BCUT2D eigenvalue weighted by Crippen LogP contribution is 2.44. The van der Waals surface area contributed by atoms with Crippen molar-refractivity contribution in [1.82, 2.24) is 0 Å². The van der Waals surface area contributed by atoms with Gasteiger partial charge in [-0.05, 0) is 67.6 Å². The molecule has 0 aliphatic carbocycles. The average molecular weight is 391 g/mol. The third-order valence-corrected chi connectivity index (χ3v) is 6.97. The summed E-state index contributed by atoms with van der Waals surface area (Å²) in [4.78, 5) is 14.4. The van der Waals surface area contributed by atoms with Gasteiger partial charge in [-0.15, -0.1) is 0 Å². The summed E-state index contributed by atoms with van der Waals surface area (Å²) in [6.45, 7) is 4.31. The molecule has 0 aromatic heterocycles. The van der Waals surface area contributed by atoms with Crippen molar-refractivity contribution in [2.75, 3.05) is 16.2 Å². The number of benzene rings is 2. The Kier molecular flexibility index (Phi) is 4.00. The van der Waals surface area contributed by atoms with Gasteiger partial charge in [-0.3, -0.25) is 9.52 Å². The van der Waals surface area contributed by atoms with Crippen LogP contribution in [0.5, 0.6) is 0 Å². The van der Waals surface area contributed by atoms with Crippen molar-refractivity contribution < 1.29 is 13.2 Å². The summed E-state index contributed by atoms with van der Waals surface area (Å²) >= 11 is 6.09. The van der Waals surface area contributed by atoms with E-state index in [2.05, 4.69) is 4.72 Å². The highest BCUT2D eigenvalue weighted by atomic mass is 35.5. The first-order chi connectivity index (χ1) is 12.3. The molecule has 2 heterocycles. The maximum atomic E-state index is 13.0. The van der Waals surface area contributed by atoms with Crippen LogP contribution in [0.25, 0.3) is 0 Å². The van der Waals surface area contributed by atoms with Gasteiger partial charge in [0.2, 0.25) is 5.91 Å². The molecular formula is C19H19ClN2O3S. The number of hydrogen-bond acceptors (Lipinski definition) is 3. The molecule has 1 atom stereocenters. The number of nitrogens with zero attached hydrogens (tertiary/aromatic N) is 1. The summed E-state index contributed by atoms with van der Waals surface area (Å²) in [6, 6.07) is 8.44. The van der Waals surface area contributed by atoms with Crippen molar-refractivity contribution in [3.8, 4) is 0 Å². The molecule has 0 radical (unpaired) electrons. The van der Waals surface area contributed by atoms with Gasteiger partial charge in [-0.2, -0.15) is 0 Å². The summed E-state index contributed by atoms with van der Waals surface area (Å²) in [5, 5.41) is 0.504. The van der Waals surface area contributed by atoms with Crippen LogP contribution in [0, 0.1) is 6.92 Å². The van der Waals surface area contributed by atoms with E-state index in [0.717, 1.165) is 29.7 Å². The van der Waals surface area contributed by atoms with Gasteiger partial charge >= 0.3 is 0 Å². The van der Waals surface area contributed by atoms with E-state index in [0.29, 0.717) is 22.8 Å². The van der Waals surface area contributed by atoms with Crippen molar-refractivity contribution in [2.45, 2.75) is 37.5 Å². The molecule has 0 unspecified atom stereocenters. The minimum Gasteiger partial charge on any atom is -0.311 e. The van der Waals surface area contributed by atoms with Gasteiger partial charge in [0.1, 0.15) is 0 Å². The van der Waals surface area contributed by atoms with E-state index >= 15 is 0 Å². The van der Waals surface area contributed by atoms with Crippen LogP contribution in [0.4, 0.5) is 11.4 Å². The normalized spacial score (nSPS) is 18.8. The van der Waals surface area contributed by atoms with E-state index in [1.165, 1.54) is 0 Å². The fourth-order valence-electron chi connectivity index (χ4n) is 3.74. The predicted molar refractivity (Wildman–Crippen MR) is 103 cm³/mol. The second kappa shape index (κ2) is 5.99. The van der Waals surface area contributed by atoms with Gasteiger partial charge in [0.15, 0.2) is 0 Å². The number of sulfonamides is 1. The second-order valence-electron chi connectivity index (χ2n) is 6.85. The van der Waals surface area contributed by atoms with Crippen LogP contribution < -0.4 is 9.62 Å². The Bertz CT molecular complexity index is 1030. The Morgan fingerprint density at radius 3 is 2.81 bits per heavy atom. The van der Waals surface area contributed by atoms with Gasteiger partial charge in [0.05, 0.1) is 22.2 Å². The molecule has 0 saturated heterocycles. The Hall–Kier alpha value is -2.05. The molecule has 0 spiro atoms. The number of hydrogen-bond donors (Lipinski definition) is 1. The van der Waals surface area contributed by atoms with Gasteiger partial charge in [-0.25, -0.2) is 8.42 Å². The lowest BCUT2D eigenvalue weighted by atomic mass is 9.97. The van der Waals surface area contributed by atoms with E-state index in [-0.39, 0.29) is 16.7 Å². The molecule has 1 N–H and O–H groups in total. The van der Waals surface area contributed by atoms with Crippen molar-refractivity contribution in [2.24, 2.45) is 0 Å². The topological polar surface area (TPSA) is 66.5 Å². The van der Waals surface area contributed by atoms with Crippen LogP contribution in [-0.4, -0.2) is 20.9 Å². The minimum atomic E-state index is -3.78. The average Bonchev–Trinajstić information content (AvgIpc) is 2.86. The molecule has 2 aromatic rings. The summed E-state index contributed by atoms with van der Waals surface area (Å²) in [5.41, 5.74) is 3.77. The van der Waals surface area contributed by atoms with Gasteiger partial charge < -0.3 is 4.90 Å². The van der Waals surface area contributed by atoms with E-state index in [1.807, 2.05) is 6.92 Å². The zero-order valence-corrected chi connectivity index (χ0v) is 16.1. The third-order valence-electron chi connectivity index (χ3n) is 5.21. The van der Waals surface area contributed by atoms with Crippen LogP contribution >= 0.6 is 11.6 Å². The van der Waals surface area contributed by atoms with Crippen LogP contribution in [0.15, 0.2) is 35.2 Å². The summed E-state index contributed by atoms with van der Waals surface area (Å²) in [5.74, 6) is -0.265. The Morgan fingerprint density at radius 2 is 2.04 bits per heavy atom. The monoisotopic (exact) mass is 390 g/mol. The number of amides is 1.